The van der Waals surface area contributed by atoms with Crippen molar-refractivity contribution in [1.29, 1.82) is 0 Å². The summed E-state index contributed by atoms with van der Waals surface area (Å²) in [5.74, 6) is 0. The Kier molecular flexibility index (Phi) is 4.89. The van der Waals surface area contributed by atoms with Gasteiger partial charge in [0.2, 0.25) is 0 Å². The Balaban J connectivity index is 2.84. The first-order chi connectivity index (χ1) is 5.72. The predicted octanol–water partition coefficient (Wildman–Crippen LogP) is 4.55. The molecule has 1 aromatic carbocycles. The van der Waals surface area contributed by atoms with Crippen molar-refractivity contribution < 1.29 is 0 Å². The maximum Gasteiger partial charge on any atom is 0.0406 e. The lowest BCUT2D eigenvalue weighted by atomic mass is 10.2. The van der Waals surface area contributed by atoms with Gasteiger partial charge in [-0.05, 0) is 46.4 Å². The van der Waals surface area contributed by atoms with Gasteiger partial charge in [0.15, 0.2) is 0 Å². The fourth-order valence-corrected chi connectivity index (χ4v) is 1.48. The second kappa shape index (κ2) is 5.44. The summed E-state index contributed by atoms with van der Waals surface area (Å²) >= 11 is 10.4. The summed E-state index contributed by atoms with van der Waals surface area (Å²) in [6.45, 7) is 0. The van der Waals surface area contributed by atoms with Gasteiger partial charge < -0.3 is 0 Å². The minimum absolute atomic E-state index is 0.789. The van der Waals surface area contributed by atoms with Crippen LogP contribution in [0.3, 0.4) is 0 Å². The first-order valence-electron chi connectivity index (χ1n) is 3.40. The summed E-state index contributed by atoms with van der Waals surface area (Å²) in [6, 6.07) is 7.86. The molecule has 0 heterocycles. The van der Waals surface area contributed by atoms with Crippen LogP contribution in [0, 0.1) is 0 Å². The zero-order valence-corrected chi connectivity index (χ0v) is 11.3. The third-order valence-electron chi connectivity index (χ3n) is 1.32. The average Bonchev–Trinajstić information content (AvgIpc) is 2.09. The Bertz CT molecular complexity index is 277. The Labute approximate surface area is 105 Å². The monoisotopic (exact) mass is 404 g/mol. The zero-order chi connectivity index (χ0) is 8.97. The lowest BCUT2D eigenvalue weighted by Crippen LogP contribution is -1.74. The van der Waals surface area contributed by atoms with Crippen molar-refractivity contribution in [3.05, 3.63) is 38.4 Å². The standard InChI is InChI=1S/C9H7ClI2/c10-8-3-1-7(2-4-8)5-9(12)6-11/h1-5H,6H2/b9-5-. The van der Waals surface area contributed by atoms with Crippen LogP contribution < -0.4 is 0 Å². The van der Waals surface area contributed by atoms with Crippen molar-refractivity contribution in [2.75, 3.05) is 4.43 Å². The second-order valence-corrected chi connectivity index (χ2v) is 4.86. The molecule has 3 heteroatoms. The summed E-state index contributed by atoms with van der Waals surface area (Å²) in [4.78, 5) is 0. The molecule has 0 N–H and O–H groups in total. The van der Waals surface area contributed by atoms with Crippen molar-refractivity contribution in [1.82, 2.24) is 0 Å². The van der Waals surface area contributed by atoms with Crippen molar-refractivity contribution >= 4 is 62.9 Å². The SMILES string of the molecule is Clc1ccc(/C=C(\I)CI)cc1. The van der Waals surface area contributed by atoms with E-state index in [2.05, 4.69) is 51.3 Å². The maximum atomic E-state index is 5.76. The summed E-state index contributed by atoms with van der Waals surface area (Å²) in [7, 11) is 0. The molecule has 0 aromatic heterocycles. The fourth-order valence-electron chi connectivity index (χ4n) is 0.778. The Morgan fingerprint density at radius 1 is 1.33 bits per heavy atom. The molecule has 64 valence electrons. The van der Waals surface area contributed by atoms with E-state index in [0.717, 1.165) is 9.45 Å². The number of hydrogen-bond acceptors (Lipinski definition) is 0. The van der Waals surface area contributed by atoms with E-state index in [-0.39, 0.29) is 0 Å². The fraction of sp³-hybridized carbons (Fsp3) is 0.111. The third kappa shape index (κ3) is 3.62. The Morgan fingerprint density at radius 3 is 2.42 bits per heavy atom. The van der Waals surface area contributed by atoms with Gasteiger partial charge in [-0.3, -0.25) is 0 Å². The average molecular weight is 404 g/mol. The number of hydrogen-bond donors (Lipinski definition) is 0. The number of halogens is 3. The Morgan fingerprint density at radius 2 is 1.92 bits per heavy atom. The molecule has 0 aliphatic carbocycles. The molecule has 12 heavy (non-hydrogen) atoms. The smallest absolute Gasteiger partial charge is 0.0406 e. The number of rotatable bonds is 2. The molecule has 0 saturated heterocycles. The molecule has 0 nitrogen and oxygen atoms in total. The molecular formula is C9H7ClI2. The molecule has 0 amide bonds. The lowest BCUT2D eigenvalue weighted by molar-refractivity contribution is 1.65. The van der Waals surface area contributed by atoms with Crippen LogP contribution in [0.15, 0.2) is 27.8 Å². The zero-order valence-electron chi connectivity index (χ0n) is 6.23. The molecule has 1 aromatic rings. The van der Waals surface area contributed by atoms with Crippen molar-refractivity contribution in [3.63, 3.8) is 0 Å². The van der Waals surface area contributed by atoms with Crippen LogP contribution in [-0.2, 0) is 0 Å². The molecule has 0 atom stereocenters. The van der Waals surface area contributed by atoms with Crippen LogP contribution in [0.1, 0.15) is 5.56 Å². The number of benzene rings is 1. The molecule has 0 spiro atoms. The normalized spacial score (nSPS) is 11.8. The summed E-state index contributed by atoms with van der Waals surface area (Å²) < 4.78 is 2.40. The van der Waals surface area contributed by atoms with Crippen LogP contribution >= 0.6 is 56.8 Å². The van der Waals surface area contributed by atoms with Crippen LogP contribution in [0.2, 0.25) is 5.02 Å². The molecule has 0 aliphatic rings. The van der Waals surface area contributed by atoms with Crippen LogP contribution in [-0.4, -0.2) is 4.43 Å². The number of alkyl halides is 1. The third-order valence-corrected chi connectivity index (χ3v) is 4.55. The van der Waals surface area contributed by atoms with Gasteiger partial charge >= 0.3 is 0 Å². The quantitative estimate of drug-likeness (QED) is 0.501. The minimum Gasteiger partial charge on any atom is -0.0843 e. The van der Waals surface area contributed by atoms with E-state index in [9.17, 15) is 0 Å². The van der Waals surface area contributed by atoms with E-state index >= 15 is 0 Å². The molecular weight excluding hydrogens is 397 g/mol. The van der Waals surface area contributed by atoms with Gasteiger partial charge in [0.25, 0.3) is 0 Å². The molecule has 0 bridgehead atoms. The Hall–Kier alpha value is 0.710. The van der Waals surface area contributed by atoms with Gasteiger partial charge in [-0.2, -0.15) is 0 Å². The van der Waals surface area contributed by atoms with E-state index in [1.807, 2.05) is 24.3 Å². The summed E-state index contributed by atoms with van der Waals surface area (Å²) in [5, 5.41) is 0.789. The van der Waals surface area contributed by atoms with Crippen molar-refractivity contribution in [2.24, 2.45) is 0 Å². The van der Waals surface area contributed by atoms with Gasteiger partial charge in [-0.15, -0.1) is 0 Å². The summed E-state index contributed by atoms with van der Waals surface area (Å²) in [5.41, 5.74) is 1.21. The number of allylic oxidation sites excluding steroid dienone is 1. The molecule has 0 unspecified atom stereocenters. The van der Waals surface area contributed by atoms with Gasteiger partial charge in [-0.25, -0.2) is 0 Å². The van der Waals surface area contributed by atoms with E-state index in [0.29, 0.717) is 0 Å². The molecule has 0 aliphatic heterocycles. The van der Waals surface area contributed by atoms with Crippen molar-refractivity contribution in [2.45, 2.75) is 0 Å². The van der Waals surface area contributed by atoms with Gasteiger partial charge in [-0.1, -0.05) is 46.3 Å². The highest BCUT2D eigenvalue weighted by molar-refractivity contribution is 14.1. The van der Waals surface area contributed by atoms with E-state index in [4.69, 9.17) is 11.6 Å². The van der Waals surface area contributed by atoms with E-state index < -0.39 is 0 Å². The molecule has 0 saturated carbocycles. The van der Waals surface area contributed by atoms with Gasteiger partial charge in [0, 0.05) is 13.0 Å². The highest BCUT2D eigenvalue weighted by Gasteiger charge is 1.90. The van der Waals surface area contributed by atoms with Gasteiger partial charge in [0.1, 0.15) is 0 Å². The predicted molar refractivity (Wildman–Crippen MR) is 72.3 cm³/mol. The van der Waals surface area contributed by atoms with E-state index in [1.165, 1.54) is 9.14 Å². The van der Waals surface area contributed by atoms with E-state index in [1.54, 1.807) is 0 Å². The van der Waals surface area contributed by atoms with Crippen LogP contribution in [0.25, 0.3) is 6.08 Å². The first kappa shape index (κ1) is 10.8. The van der Waals surface area contributed by atoms with Gasteiger partial charge in [0.05, 0.1) is 0 Å². The minimum atomic E-state index is 0.789. The topological polar surface area (TPSA) is 0 Å². The molecule has 0 radical (unpaired) electrons. The van der Waals surface area contributed by atoms with Crippen LogP contribution in [0.5, 0.6) is 0 Å². The highest BCUT2D eigenvalue weighted by Crippen LogP contribution is 2.16. The van der Waals surface area contributed by atoms with Crippen molar-refractivity contribution in [3.8, 4) is 0 Å². The maximum absolute atomic E-state index is 5.76. The second-order valence-electron chi connectivity index (χ2n) is 2.28. The molecule has 0 fully saturated rings. The largest absolute Gasteiger partial charge is 0.0843 e. The highest BCUT2D eigenvalue weighted by atomic mass is 127. The summed E-state index contributed by atoms with van der Waals surface area (Å²) in [6.07, 6.45) is 2.16. The van der Waals surface area contributed by atoms with Crippen LogP contribution in [0.4, 0.5) is 0 Å². The molecule has 1 rings (SSSR count). The first-order valence-corrected chi connectivity index (χ1v) is 6.38. The lowest BCUT2D eigenvalue weighted by Gasteiger charge is -1.95.